The van der Waals surface area contributed by atoms with Gasteiger partial charge in [-0.15, -0.1) is 0 Å². The Morgan fingerprint density at radius 1 is 1.14 bits per heavy atom. The van der Waals surface area contributed by atoms with Gasteiger partial charge in [-0.2, -0.15) is 5.10 Å². The van der Waals surface area contributed by atoms with Crippen molar-refractivity contribution in [3.8, 4) is 22.8 Å². The topological polar surface area (TPSA) is 78.3 Å². The molecule has 3 heterocycles. The lowest BCUT2D eigenvalue weighted by molar-refractivity contribution is -0.130. The molecule has 1 aromatic carbocycles. The van der Waals surface area contributed by atoms with Crippen molar-refractivity contribution in [3.63, 3.8) is 0 Å². The molecule has 2 aromatic heterocycles. The molecule has 148 valence electrons. The van der Waals surface area contributed by atoms with E-state index in [1.807, 2.05) is 35.0 Å². The molecule has 29 heavy (non-hydrogen) atoms. The van der Waals surface area contributed by atoms with Gasteiger partial charge < -0.3 is 14.8 Å². The lowest BCUT2D eigenvalue weighted by Gasteiger charge is -2.25. The number of carbonyl (C=O) groups is 1. The van der Waals surface area contributed by atoms with Crippen molar-refractivity contribution in [2.24, 2.45) is 0 Å². The average Bonchev–Trinajstić information content (AvgIpc) is 3.53. The highest BCUT2D eigenvalue weighted by Gasteiger charge is 2.29. The predicted molar refractivity (Wildman–Crippen MR) is 107 cm³/mol. The van der Waals surface area contributed by atoms with Gasteiger partial charge in [0, 0.05) is 36.1 Å². The first kappa shape index (κ1) is 17.7. The summed E-state index contributed by atoms with van der Waals surface area (Å²) in [5, 5.41) is 7.71. The molecule has 5 rings (SSSR count). The van der Waals surface area contributed by atoms with E-state index < -0.39 is 6.10 Å². The highest BCUT2D eigenvalue weighted by molar-refractivity contribution is 5.81. The number of hydrogen-bond acceptors (Lipinski definition) is 5. The number of benzene rings is 1. The van der Waals surface area contributed by atoms with E-state index in [0.29, 0.717) is 30.5 Å². The zero-order valence-corrected chi connectivity index (χ0v) is 16.0. The Hall–Kier alpha value is -3.35. The Balaban J connectivity index is 1.22. The maximum absolute atomic E-state index is 12.5. The number of aromatic nitrogens is 3. The molecule has 1 aliphatic heterocycles. The van der Waals surface area contributed by atoms with Gasteiger partial charge in [0.05, 0.1) is 12.2 Å². The van der Waals surface area contributed by atoms with Gasteiger partial charge in [-0.05, 0) is 43.2 Å². The standard InChI is InChI=1S/C22H22N4O3/c27-22(21-14-28-19-3-1-2-4-20(19)29-21)24-11-12-26-18(16-5-6-16)13-17(25-26)15-7-9-23-10-8-15/h1-4,7-10,13,16,21H,5-6,11-12,14H2,(H,24,27). The third kappa shape index (κ3) is 3.81. The van der Waals surface area contributed by atoms with Gasteiger partial charge in [0.1, 0.15) is 6.61 Å². The molecule has 0 bridgehead atoms. The van der Waals surface area contributed by atoms with Crippen molar-refractivity contribution >= 4 is 5.91 Å². The van der Waals surface area contributed by atoms with Crippen LogP contribution in [0.3, 0.4) is 0 Å². The number of nitrogens with one attached hydrogen (secondary N) is 1. The molecule has 7 nitrogen and oxygen atoms in total. The zero-order valence-electron chi connectivity index (χ0n) is 16.0. The first-order valence-corrected chi connectivity index (χ1v) is 9.92. The molecule has 0 radical (unpaired) electrons. The molecule has 1 unspecified atom stereocenters. The molecule has 1 atom stereocenters. The molecule has 3 aromatic rings. The quantitative estimate of drug-likeness (QED) is 0.700. The molecular weight excluding hydrogens is 368 g/mol. The summed E-state index contributed by atoms with van der Waals surface area (Å²) in [6, 6.07) is 13.5. The number of para-hydroxylation sites is 2. The predicted octanol–water partition coefficient (Wildman–Crippen LogP) is 2.78. The fourth-order valence-corrected chi connectivity index (χ4v) is 3.53. The Bertz CT molecular complexity index is 1010. The van der Waals surface area contributed by atoms with Crippen LogP contribution >= 0.6 is 0 Å². The number of pyridine rings is 1. The van der Waals surface area contributed by atoms with Gasteiger partial charge >= 0.3 is 0 Å². The number of nitrogens with zero attached hydrogens (tertiary/aromatic N) is 3. The minimum atomic E-state index is -0.641. The van der Waals surface area contributed by atoms with Crippen molar-refractivity contribution in [3.05, 3.63) is 60.6 Å². The normalized spacial score (nSPS) is 17.7. The molecule has 1 aliphatic carbocycles. The average molecular weight is 390 g/mol. The first-order valence-electron chi connectivity index (χ1n) is 9.92. The fraction of sp³-hybridized carbons (Fsp3) is 0.318. The summed E-state index contributed by atoms with van der Waals surface area (Å²) in [6.07, 6.45) is 5.30. The Morgan fingerprint density at radius 2 is 1.93 bits per heavy atom. The van der Waals surface area contributed by atoms with Crippen LogP contribution in [0.4, 0.5) is 0 Å². The maximum atomic E-state index is 12.5. The van der Waals surface area contributed by atoms with Gasteiger partial charge in [-0.1, -0.05) is 12.1 Å². The van der Waals surface area contributed by atoms with E-state index in [2.05, 4.69) is 16.4 Å². The third-order valence-electron chi connectivity index (χ3n) is 5.21. The van der Waals surface area contributed by atoms with Crippen LogP contribution in [-0.4, -0.2) is 39.9 Å². The van der Waals surface area contributed by atoms with Crippen LogP contribution in [0, 0.1) is 0 Å². The van der Waals surface area contributed by atoms with Gasteiger partial charge in [0.25, 0.3) is 5.91 Å². The van der Waals surface area contributed by atoms with Crippen LogP contribution in [0.25, 0.3) is 11.3 Å². The second-order valence-corrected chi connectivity index (χ2v) is 7.34. The minimum absolute atomic E-state index is 0.172. The Morgan fingerprint density at radius 3 is 2.72 bits per heavy atom. The molecule has 7 heteroatoms. The second-order valence-electron chi connectivity index (χ2n) is 7.34. The zero-order chi connectivity index (χ0) is 19.6. The van der Waals surface area contributed by atoms with E-state index in [4.69, 9.17) is 14.6 Å². The van der Waals surface area contributed by atoms with E-state index in [1.54, 1.807) is 18.5 Å². The number of carbonyl (C=O) groups excluding carboxylic acids is 1. The molecular formula is C22H22N4O3. The molecule has 2 aliphatic rings. The van der Waals surface area contributed by atoms with E-state index in [9.17, 15) is 4.79 Å². The van der Waals surface area contributed by atoms with Gasteiger partial charge in [-0.25, -0.2) is 0 Å². The summed E-state index contributed by atoms with van der Waals surface area (Å²) in [5.41, 5.74) is 3.23. The number of amides is 1. The monoisotopic (exact) mass is 390 g/mol. The highest BCUT2D eigenvalue weighted by Crippen LogP contribution is 2.41. The van der Waals surface area contributed by atoms with Crippen molar-refractivity contribution < 1.29 is 14.3 Å². The van der Waals surface area contributed by atoms with Gasteiger partial charge in [-0.3, -0.25) is 14.5 Å². The van der Waals surface area contributed by atoms with Crippen LogP contribution < -0.4 is 14.8 Å². The summed E-state index contributed by atoms with van der Waals surface area (Å²) in [7, 11) is 0. The van der Waals surface area contributed by atoms with Gasteiger partial charge in [0.15, 0.2) is 11.5 Å². The Labute approximate surface area is 168 Å². The first-order chi connectivity index (χ1) is 14.3. The molecule has 1 amide bonds. The molecule has 0 spiro atoms. The smallest absolute Gasteiger partial charge is 0.264 e. The van der Waals surface area contributed by atoms with Crippen LogP contribution in [0.15, 0.2) is 54.9 Å². The SMILES string of the molecule is O=C(NCCn1nc(-c2ccncc2)cc1C1CC1)C1COc2ccccc2O1. The summed E-state index contributed by atoms with van der Waals surface area (Å²) in [6.45, 7) is 1.31. The van der Waals surface area contributed by atoms with Crippen molar-refractivity contribution in [2.45, 2.75) is 31.4 Å². The molecule has 1 saturated carbocycles. The number of hydrogen-bond donors (Lipinski definition) is 1. The molecule has 0 saturated heterocycles. The van der Waals surface area contributed by atoms with E-state index in [0.717, 1.165) is 11.3 Å². The molecule has 1 N–H and O–H groups in total. The van der Waals surface area contributed by atoms with Crippen LogP contribution in [-0.2, 0) is 11.3 Å². The lowest BCUT2D eigenvalue weighted by Crippen LogP contribution is -2.44. The Kier molecular flexibility index (Phi) is 4.63. The van der Waals surface area contributed by atoms with E-state index in [-0.39, 0.29) is 12.5 Å². The fourth-order valence-electron chi connectivity index (χ4n) is 3.53. The summed E-state index contributed by atoms with van der Waals surface area (Å²) >= 11 is 0. The largest absolute Gasteiger partial charge is 0.485 e. The highest BCUT2D eigenvalue weighted by atomic mass is 16.6. The number of rotatable bonds is 6. The van der Waals surface area contributed by atoms with Crippen molar-refractivity contribution in [1.29, 1.82) is 0 Å². The van der Waals surface area contributed by atoms with Gasteiger partial charge in [0.2, 0.25) is 6.10 Å². The lowest BCUT2D eigenvalue weighted by atomic mass is 10.2. The summed E-state index contributed by atoms with van der Waals surface area (Å²) in [5.74, 6) is 1.67. The molecule has 1 fully saturated rings. The summed E-state index contributed by atoms with van der Waals surface area (Å²) < 4.78 is 13.4. The van der Waals surface area contributed by atoms with Crippen molar-refractivity contribution in [1.82, 2.24) is 20.1 Å². The van der Waals surface area contributed by atoms with E-state index >= 15 is 0 Å². The number of ether oxygens (including phenoxy) is 2. The number of fused-ring (bicyclic) bond motifs is 1. The summed E-state index contributed by atoms with van der Waals surface area (Å²) in [4.78, 5) is 16.6. The minimum Gasteiger partial charge on any atom is -0.485 e. The van der Waals surface area contributed by atoms with Crippen LogP contribution in [0.5, 0.6) is 11.5 Å². The van der Waals surface area contributed by atoms with Crippen LogP contribution in [0.1, 0.15) is 24.5 Å². The third-order valence-corrected chi connectivity index (χ3v) is 5.21. The van der Waals surface area contributed by atoms with Crippen molar-refractivity contribution in [2.75, 3.05) is 13.2 Å². The maximum Gasteiger partial charge on any atom is 0.264 e. The van der Waals surface area contributed by atoms with Crippen LogP contribution in [0.2, 0.25) is 0 Å². The second kappa shape index (κ2) is 7.58. The van der Waals surface area contributed by atoms with E-state index in [1.165, 1.54) is 18.5 Å².